The molecule has 12 heavy (non-hydrogen) atoms. The first-order chi connectivity index (χ1) is 5.62. The zero-order valence-electron chi connectivity index (χ0n) is 8.90. The number of hydrogen-bond acceptors (Lipinski definition) is 1. The van der Waals surface area contributed by atoms with Crippen LogP contribution in [0.15, 0.2) is 0 Å². The molecule has 0 atom stereocenters. The Kier molecular flexibility index (Phi) is 6.45. The van der Waals surface area contributed by atoms with Crippen molar-refractivity contribution in [3.63, 3.8) is 0 Å². The van der Waals surface area contributed by atoms with Crippen molar-refractivity contribution in [1.29, 1.82) is 0 Å². The minimum atomic E-state index is 0.355. The lowest BCUT2D eigenvalue weighted by Crippen LogP contribution is -2.10. The summed E-state index contributed by atoms with van der Waals surface area (Å²) in [6, 6.07) is 0. The van der Waals surface area contributed by atoms with Crippen molar-refractivity contribution in [2.75, 3.05) is 6.61 Å². The van der Waals surface area contributed by atoms with Gasteiger partial charge in [0.1, 0.15) is 0 Å². The fourth-order valence-corrected chi connectivity index (χ4v) is 1.69. The predicted octanol–water partition coefficient (Wildman–Crippen LogP) is 3.37. The topological polar surface area (TPSA) is 20.2 Å². The SMILES string of the molecule is CCCC(C)(C)CCCCCO. The number of unbranched alkanes of at least 4 members (excludes halogenated alkanes) is 2. The summed E-state index contributed by atoms with van der Waals surface area (Å²) >= 11 is 0. The molecule has 0 heterocycles. The molecule has 0 aliphatic heterocycles. The van der Waals surface area contributed by atoms with Crippen LogP contribution in [0, 0.1) is 5.41 Å². The summed E-state index contributed by atoms with van der Waals surface area (Å²) in [6.45, 7) is 7.29. The molecule has 0 aromatic heterocycles. The number of aliphatic hydroxyl groups is 1. The summed E-state index contributed by atoms with van der Waals surface area (Å²) in [7, 11) is 0. The molecule has 0 radical (unpaired) electrons. The van der Waals surface area contributed by atoms with E-state index in [1.54, 1.807) is 0 Å². The standard InChI is InChI=1S/C11H24O/c1-4-8-11(2,3)9-6-5-7-10-12/h12H,4-10H2,1-3H3. The van der Waals surface area contributed by atoms with Crippen molar-refractivity contribution in [2.45, 2.75) is 59.3 Å². The lowest BCUT2D eigenvalue weighted by molar-refractivity contribution is 0.263. The predicted molar refractivity (Wildman–Crippen MR) is 54.2 cm³/mol. The van der Waals surface area contributed by atoms with Crippen molar-refractivity contribution >= 4 is 0 Å². The smallest absolute Gasteiger partial charge is 0.0431 e. The van der Waals surface area contributed by atoms with Crippen molar-refractivity contribution in [2.24, 2.45) is 5.41 Å². The molecule has 1 heteroatoms. The second-order valence-corrected chi connectivity index (χ2v) is 4.45. The van der Waals surface area contributed by atoms with Gasteiger partial charge in [0.2, 0.25) is 0 Å². The molecule has 74 valence electrons. The number of aliphatic hydroxyl groups excluding tert-OH is 1. The lowest BCUT2D eigenvalue weighted by Gasteiger charge is -2.23. The summed E-state index contributed by atoms with van der Waals surface area (Å²) in [5.74, 6) is 0. The van der Waals surface area contributed by atoms with Crippen LogP contribution >= 0.6 is 0 Å². The van der Waals surface area contributed by atoms with Crippen molar-refractivity contribution in [1.82, 2.24) is 0 Å². The van der Waals surface area contributed by atoms with E-state index in [1.165, 1.54) is 32.1 Å². The van der Waals surface area contributed by atoms with E-state index >= 15 is 0 Å². The third kappa shape index (κ3) is 6.66. The van der Waals surface area contributed by atoms with Crippen LogP contribution in [0.2, 0.25) is 0 Å². The Hall–Kier alpha value is -0.0400. The number of rotatable bonds is 7. The Balaban J connectivity index is 3.33. The fourth-order valence-electron chi connectivity index (χ4n) is 1.69. The van der Waals surface area contributed by atoms with Crippen LogP contribution in [0.4, 0.5) is 0 Å². The van der Waals surface area contributed by atoms with Gasteiger partial charge in [-0.3, -0.25) is 0 Å². The molecule has 0 aliphatic rings. The molecular weight excluding hydrogens is 148 g/mol. The first-order valence-electron chi connectivity index (χ1n) is 5.23. The van der Waals surface area contributed by atoms with Gasteiger partial charge in [-0.2, -0.15) is 0 Å². The first kappa shape index (κ1) is 12.0. The molecule has 0 spiro atoms. The molecule has 1 nitrogen and oxygen atoms in total. The quantitative estimate of drug-likeness (QED) is 0.584. The van der Waals surface area contributed by atoms with Gasteiger partial charge >= 0.3 is 0 Å². The van der Waals surface area contributed by atoms with Crippen LogP contribution in [0.5, 0.6) is 0 Å². The van der Waals surface area contributed by atoms with Gasteiger partial charge in [0, 0.05) is 6.61 Å². The van der Waals surface area contributed by atoms with Crippen molar-refractivity contribution in [3.05, 3.63) is 0 Å². The van der Waals surface area contributed by atoms with Crippen LogP contribution in [0.3, 0.4) is 0 Å². The highest BCUT2D eigenvalue weighted by atomic mass is 16.2. The monoisotopic (exact) mass is 172 g/mol. The molecule has 0 rings (SSSR count). The largest absolute Gasteiger partial charge is 0.396 e. The molecule has 0 fully saturated rings. The maximum Gasteiger partial charge on any atom is 0.0431 e. The van der Waals surface area contributed by atoms with Crippen LogP contribution in [-0.4, -0.2) is 11.7 Å². The molecule has 0 saturated heterocycles. The van der Waals surface area contributed by atoms with E-state index in [0.29, 0.717) is 12.0 Å². The maximum absolute atomic E-state index is 8.60. The zero-order chi connectivity index (χ0) is 9.45. The second-order valence-electron chi connectivity index (χ2n) is 4.45. The summed E-state index contributed by atoms with van der Waals surface area (Å²) in [4.78, 5) is 0. The third-order valence-electron chi connectivity index (χ3n) is 2.44. The Morgan fingerprint density at radius 1 is 1.00 bits per heavy atom. The Bertz CT molecular complexity index is 97.2. The van der Waals surface area contributed by atoms with E-state index in [-0.39, 0.29) is 0 Å². The molecule has 0 unspecified atom stereocenters. The molecular formula is C11H24O. The van der Waals surface area contributed by atoms with Gasteiger partial charge in [-0.25, -0.2) is 0 Å². The van der Waals surface area contributed by atoms with E-state index in [1.807, 2.05) is 0 Å². The molecule has 0 saturated carbocycles. The van der Waals surface area contributed by atoms with E-state index in [9.17, 15) is 0 Å². The minimum Gasteiger partial charge on any atom is -0.396 e. The Morgan fingerprint density at radius 2 is 1.67 bits per heavy atom. The van der Waals surface area contributed by atoms with Gasteiger partial charge in [0.15, 0.2) is 0 Å². The lowest BCUT2D eigenvalue weighted by atomic mass is 9.83. The highest BCUT2D eigenvalue weighted by Crippen LogP contribution is 2.28. The molecule has 0 amide bonds. The second kappa shape index (κ2) is 6.47. The van der Waals surface area contributed by atoms with Gasteiger partial charge in [-0.1, -0.05) is 40.0 Å². The van der Waals surface area contributed by atoms with Gasteiger partial charge < -0.3 is 5.11 Å². The Morgan fingerprint density at radius 3 is 2.17 bits per heavy atom. The van der Waals surface area contributed by atoms with Crippen LogP contribution in [-0.2, 0) is 0 Å². The van der Waals surface area contributed by atoms with Gasteiger partial charge in [0.25, 0.3) is 0 Å². The van der Waals surface area contributed by atoms with Gasteiger partial charge in [-0.05, 0) is 24.7 Å². The Labute approximate surface area is 77.2 Å². The molecule has 0 bridgehead atoms. The third-order valence-corrected chi connectivity index (χ3v) is 2.44. The van der Waals surface area contributed by atoms with E-state index in [0.717, 1.165) is 6.42 Å². The van der Waals surface area contributed by atoms with Crippen molar-refractivity contribution < 1.29 is 5.11 Å². The van der Waals surface area contributed by atoms with E-state index < -0.39 is 0 Å². The van der Waals surface area contributed by atoms with Crippen LogP contribution in [0.25, 0.3) is 0 Å². The average molecular weight is 172 g/mol. The number of hydrogen-bond donors (Lipinski definition) is 1. The average Bonchev–Trinajstić information content (AvgIpc) is 1.98. The molecule has 1 N–H and O–H groups in total. The highest BCUT2D eigenvalue weighted by Gasteiger charge is 2.15. The van der Waals surface area contributed by atoms with E-state index in [2.05, 4.69) is 20.8 Å². The first-order valence-corrected chi connectivity index (χ1v) is 5.23. The molecule has 0 aromatic carbocycles. The molecule has 0 aliphatic carbocycles. The van der Waals surface area contributed by atoms with Gasteiger partial charge in [0.05, 0.1) is 0 Å². The summed E-state index contributed by atoms with van der Waals surface area (Å²) < 4.78 is 0. The fraction of sp³-hybridized carbons (Fsp3) is 1.00. The summed E-state index contributed by atoms with van der Waals surface area (Å²) in [6.07, 6.45) is 7.35. The van der Waals surface area contributed by atoms with Crippen LogP contribution < -0.4 is 0 Å². The zero-order valence-corrected chi connectivity index (χ0v) is 8.90. The van der Waals surface area contributed by atoms with Gasteiger partial charge in [-0.15, -0.1) is 0 Å². The van der Waals surface area contributed by atoms with Crippen molar-refractivity contribution in [3.8, 4) is 0 Å². The highest BCUT2D eigenvalue weighted by molar-refractivity contribution is 4.67. The minimum absolute atomic E-state index is 0.355. The maximum atomic E-state index is 8.60. The summed E-state index contributed by atoms with van der Waals surface area (Å²) in [5.41, 5.74) is 0.518. The summed E-state index contributed by atoms with van der Waals surface area (Å²) in [5, 5.41) is 8.60. The molecule has 0 aromatic rings. The van der Waals surface area contributed by atoms with Crippen LogP contribution in [0.1, 0.15) is 59.3 Å². The van der Waals surface area contributed by atoms with E-state index in [4.69, 9.17) is 5.11 Å². The normalized spacial score (nSPS) is 12.0.